The van der Waals surface area contributed by atoms with Crippen LogP contribution in [0.2, 0.25) is 10.0 Å². The summed E-state index contributed by atoms with van der Waals surface area (Å²) in [5, 5.41) is 11.0. The molecule has 2 nitrogen and oxygen atoms in total. The van der Waals surface area contributed by atoms with E-state index in [1.807, 2.05) is 0 Å². The average Bonchev–Trinajstić information content (AvgIpc) is 2.43. The Balaban J connectivity index is 2.05. The van der Waals surface area contributed by atoms with E-state index in [1.54, 1.807) is 30.3 Å². The maximum Gasteiger partial charge on any atom is 0.387 e. The van der Waals surface area contributed by atoms with Gasteiger partial charge in [0.1, 0.15) is 5.75 Å². The van der Waals surface area contributed by atoms with Crippen LogP contribution in [0, 0.1) is 0 Å². The smallest absolute Gasteiger partial charge is 0.387 e. The van der Waals surface area contributed by atoms with Crippen LogP contribution >= 0.6 is 23.2 Å². The minimum absolute atomic E-state index is 0.0514. The van der Waals surface area contributed by atoms with Crippen LogP contribution in [0.3, 0.4) is 0 Å². The number of hydrogen-bond acceptors (Lipinski definition) is 2. The molecular formula is C15H12Cl2F2O2. The first-order chi connectivity index (χ1) is 9.95. The molecule has 0 saturated carbocycles. The van der Waals surface area contributed by atoms with E-state index < -0.39 is 12.7 Å². The van der Waals surface area contributed by atoms with Crippen LogP contribution in [0.5, 0.6) is 5.75 Å². The first kappa shape index (κ1) is 16.0. The number of rotatable bonds is 5. The van der Waals surface area contributed by atoms with E-state index >= 15 is 0 Å². The molecule has 1 unspecified atom stereocenters. The topological polar surface area (TPSA) is 29.5 Å². The summed E-state index contributed by atoms with van der Waals surface area (Å²) in [6, 6.07) is 11.0. The number of benzene rings is 2. The molecule has 0 radical (unpaired) electrons. The Morgan fingerprint density at radius 1 is 1.00 bits per heavy atom. The second-order valence-electron chi connectivity index (χ2n) is 4.42. The van der Waals surface area contributed by atoms with E-state index in [0.717, 1.165) is 5.56 Å². The van der Waals surface area contributed by atoms with Crippen LogP contribution in [0.25, 0.3) is 0 Å². The first-order valence-corrected chi connectivity index (χ1v) is 6.88. The third-order valence-corrected chi connectivity index (χ3v) is 3.64. The molecule has 0 aliphatic rings. The number of aliphatic hydroxyl groups excluding tert-OH is 1. The molecule has 2 rings (SSSR count). The minimum atomic E-state index is -2.86. The lowest BCUT2D eigenvalue weighted by Gasteiger charge is -2.12. The lowest BCUT2D eigenvalue weighted by Crippen LogP contribution is -2.04. The van der Waals surface area contributed by atoms with Crippen molar-refractivity contribution in [2.24, 2.45) is 0 Å². The van der Waals surface area contributed by atoms with Gasteiger partial charge in [0.05, 0.1) is 16.1 Å². The highest BCUT2D eigenvalue weighted by atomic mass is 35.5. The highest BCUT2D eigenvalue weighted by Gasteiger charge is 2.11. The summed E-state index contributed by atoms with van der Waals surface area (Å²) in [5.74, 6) is 0.0514. The van der Waals surface area contributed by atoms with Crippen LogP contribution in [0.15, 0.2) is 42.5 Å². The molecule has 0 saturated heterocycles. The zero-order valence-electron chi connectivity index (χ0n) is 10.8. The Kier molecular flexibility index (Phi) is 5.39. The van der Waals surface area contributed by atoms with Gasteiger partial charge in [0.25, 0.3) is 0 Å². The number of alkyl halides is 2. The number of aliphatic hydroxyl groups is 1. The van der Waals surface area contributed by atoms with E-state index in [1.165, 1.54) is 12.1 Å². The highest BCUT2D eigenvalue weighted by Crippen LogP contribution is 2.26. The predicted molar refractivity (Wildman–Crippen MR) is 78.2 cm³/mol. The van der Waals surface area contributed by atoms with Gasteiger partial charge in [0.2, 0.25) is 0 Å². The largest absolute Gasteiger partial charge is 0.435 e. The predicted octanol–water partition coefficient (Wildman–Crippen LogP) is 4.87. The molecule has 2 aromatic carbocycles. The van der Waals surface area contributed by atoms with Gasteiger partial charge in [-0.3, -0.25) is 0 Å². The van der Waals surface area contributed by atoms with Gasteiger partial charge in [-0.15, -0.1) is 0 Å². The van der Waals surface area contributed by atoms with Crippen LogP contribution in [0.4, 0.5) is 8.78 Å². The molecule has 1 atom stereocenters. The van der Waals surface area contributed by atoms with Crippen LogP contribution < -0.4 is 4.74 Å². The van der Waals surface area contributed by atoms with Crippen molar-refractivity contribution in [3.05, 3.63) is 63.6 Å². The fourth-order valence-electron chi connectivity index (χ4n) is 1.88. The molecule has 0 heterocycles. The summed E-state index contributed by atoms with van der Waals surface area (Å²) >= 11 is 11.7. The van der Waals surface area contributed by atoms with E-state index in [9.17, 15) is 13.9 Å². The van der Waals surface area contributed by atoms with Crippen LogP contribution in [-0.2, 0) is 6.42 Å². The number of ether oxygens (including phenoxy) is 1. The fourth-order valence-corrected chi connectivity index (χ4v) is 2.20. The molecule has 6 heteroatoms. The number of halogens is 4. The first-order valence-electron chi connectivity index (χ1n) is 6.12. The zero-order valence-corrected chi connectivity index (χ0v) is 12.3. The molecule has 1 N–H and O–H groups in total. The Bertz CT molecular complexity index is 603. The minimum Gasteiger partial charge on any atom is -0.435 e. The molecule has 0 amide bonds. The standard InChI is InChI=1S/C15H12Cl2F2O2/c16-12-6-1-9(7-13(12)17)8-14(20)10-2-4-11(5-3-10)21-15(18)19/h1-7,14-15,20H,8H2. The van der Waals surface area contributed by atoms with Gasteiger partial charge >= 0.3 is 6.61 Å². The molecule has 0 bridgehead atoms. The molecule has 112 valence electrons. The normalized spacial score (nSPS) is 12.5. The van der Waals surface area contributed by atoms with Crippen molar-refractivity contribution in [2.75, 3.05) is 0 Å². The molecule has 0 aliphatic carbocycles. The summed E-state index contributed by atoms with van der Waals surface area (Å²) in [6.45, 7) is -2.86. The molecule has 0 aromatic heterocycles. The van der Waals surface area contributed by atoms with E-state index in [4.69, 9.17) is 23.2 Å². The van der Waals surface area contributed by atoms with Crippen molar-refractivity contribution in [1.29, 1.82) is 0 Å². The lowest BCUT2D eigenvalue weighted by molar-refractivity contribution is -0.0498. The summed E-state index contributed by atoms with van der Waals surface area (Å²) in [5.41, 5.74) is 1.42. The number of hydrogen-bond donors (Lipinski definition) is 1. The van der Waals surface area contributed by atoms with Crippen LogP contribution in [-0.4, -0.2) is 11.7 Å². The van der Waals surface area contributed by atoms with Gasteiger partial charge in [-0.2, -0.15) is 8.78 Å². The fraction of sp³-hybridized carbons (Fsp3) is 0.200. The summed E-state index contributed by atoms with van der Waals surface area (Å²) in [7, 11) is 0. The van der Waals surface area contributed by atoms with Gasteiger partial charge in [-0.05, 0) is 35.4 Å². The van der Waals surface area contributed by atoms with Gasteiger partial charge in [0.15, 0.2) is 0 Å². The summed E-state index contributed by atoms with van der Waals surface area (Å²) in [6.07, 6.45) is -0.436. The Hall–Kier alpha value is -1.36. The second-order valence-corrected chi connectivity index (χ2v) is 5.23. The van der Waals surface area contributed by atoms with Gasteiger partial charge < -0.3 is 9.84 Å². The van der Waals surface area contributed by atoms with Gasteiger partial charge in [-0.25, -0.2) is 0 Å². The van der Waals surface area contributed by atoms with Crippen molar-refractivity contribution < 1.29 is 18.6 Å². The summed E-state index contributed by atoms with van der Waals surface area (Å²) < 4.78 is 28.3. The SMILES string of the molecule is OC(Cc1ccc(Cl)c(Cl)c1)c1ccc(OC(F)F)cc1. The molecule has 21 heavy (non-hydrogen) atoms. The van der Waals surface area contributed by atoms with E-state index in [-0.39, 0.29) is 5.75 Å². The highest BCUT2D eigenvalue weighted by molar-refractivity contribution is 6.42. The lowest BCUT2D eigenvalue weighted by atomic mass is 10.0. The molecule has 2 aromatic rings. The zero-order chi connectivity index (χ0) is 15.4. The molecule has 0 aliphatic heterocycles. The maximum atomic E-state index is 12.0. The van der Waals surface area contributed by atoms with Gasteiger partial charge in [-0.1, -0.05) is 41.4 Å². The van der Waals surface area contributed by atoms with Crippen molar-refractivity contribution in [1.82, 2.24) is 0 Å². The third kappa shape index (κ3) is 4.56. The molecule has 0 spiro atoms. The van der Waals surface area contributed by atoms with Crippen LogP contribution in [0.1, 0.15) is 17.2 Å². The van der Waals surface area contributed by atoms with Crippen molar-refractivity contribution >= 4 is 23.2 Å². The quantitative estimate of drug-likeness (QED) is 0.846. The van der Waals surface area contributed by atoms with Gasteiger partial charge in [0, 0.05) is 6.42 Å². The molecule has 0 fully saturated rings. The van der Waals surface area contributed by atoms with Crippen molar-refractivity contribution in [3.63, 3.8) is 0 Å². The Labute approximate surface area is 130 Å². The third-order valence-electron chi connectivity index (χ3n) is 2.90. The maximum absolute atomic E-state index is 12.0. The van der Waals surface area contributed by atoms with E-state index in [2.05, 4.69) is 4.74 Å². The monoisotopic (exact) mass is 332 g/mol. The Morgan fingerprint density at radius 2 is 1.67 bits per heavy atom. The average molecular weight is 333 g/mol. The van der Waals surface area contributed by atoms with Crippen molar-refractivity contribution in [2.45, 2.75) is 19.1 Å². The Morgan fingerprint density at radius 3 is 2.24 bits per heavy atom. The second kappa shape index (κ2) is 7.07. The molecular weight excluding hydrogens is 321 g/mol. The van der Waals surface area contributed by atoms with E-state index in [0.29, 0.717) is 22.0 Å². The summed E-state index contributed by atoms with van der Waals surface area (Å²) in [4.78, 5) is 0. The van der Waals surface area contributed by atoms with Crippen molar-refractivity contribution in [3.8, 4) is 5.75 Å².